The van der Waals surface area contributed by atoms with Crippen molar-refractivity contribution in [1.82, 2.24) is 5.32 Å². The summed E-state index contributed by atoms with van der Waals surface area (Å²) in [6, 6.07) is 15.0. The zero-order valence-electron chi connectivity index (χ0n) is 16.9. The Bertz CT molecular complexity index is 885. The molecule has 8 heteroatoms. The lowest BCUT2D eigenvalue weighted by atomic mass is 10.0. The van der Waals surface area contributed by atoms with Gasteiger partial charge in [-0.15, -0.1) is 0 Å². The molecule has 0 bridgehead atoms. The van der Waals surface area contributed by atoms with Crippen LogP contribution in [0.4, 0.5) is 0 Å². The monoisotopic (exact) mass is 429 g/mol. The molecule has 0 fully saturated rings. The highest BCUT2D eigenvalue weighted by Gasteiger charge is 2.23. The maximum atomic E-state index is 12.2. The van der Waals surface area contributed by atoms with Gasteiger partial charge in [0.25, 0.3) is 0 Å². The third-order valence-electron chi connectivity index (χ3n) is 4.51. The molecule has 2 atom stereocenters. The van der Waals surface area contributed by atoms with Gasteiger partial charge in [-0.2, -0.15) is 0 Å². The lowest BCUT2D eigenvalue weighted by molar-refractivity contribution is -0.138. The second-order valence-electron chi connectivity index (χ2n) is 6.80. The average Bonchev–Trinajstić information content (AvgIpc) is 2.75. The zero-order valence-corrected chi connectivity index (χ0v) is 17.7. The zero-order chi connectivity index (χ0) is 21.9. The number of rotatable bonds is 11. The molecule has 0 heterocycles. The first-order valence-corrected chi connectivity index (χ1v) is 10.9. The minimum Gasteiger partial charge on any atom is -0.384 e. The van der Waals surface area contributed by atoms with Crippen molar-refractivity contribution in [3.63, 3.8) is 0 Å². The molecule has 0 radical (unpaired) electrons. The first-order valence-electron chi connectivity index (χ1n) is 9.82. The average molecular weight is 430 g/mol. The summed E-state index contributed by atoms with van der Waals surface area (Å²) in [6.07, 6.45) is 2.92. The Hall–Kier alpha value is -3.00. The van der Waals surface area contributed by atoms with E-state index in [1.807, 2.05) is 12.1 Å². The van der Waals surface area contributed by atoms with Crippen LogP contribution < -0.4 is 11.1 Å². The van der Waals surface area contributed by atoms with Crippen molar-refractivity contribution in [3.8, 4) is 0 Å². The lowest BCUT2D eigenvalue weighted by Gasteiger charge is -2.15. The molecule has 2 rings (SSSR count). The highest BCUT2D eigenvalue weighted by atomic mass is 32.2. The number of amidine groups is 1. The first-order chi connectivity index (χ1) is 14.4. The van der Waals surface area contributed by atoms with Gasteiger partial charge in [0.1, 0.15) is 11.9 Å². The SMILES string of the molecule is CCC(NC(=O)CCCCc1ccc(C(=N)N)cc1)C(=O)OS(=O)c1ccccc1. The molecule has 4 N–H and O–H groups in total. The van der Waals surface area contributed by atoms with Crippen molar-refractivity contribution < 1.29 is 18.0 Å². The fraction of sp³-hybridized carbons (Fsp3) is 0.318. The van der Waals surface area contributed by atoms with E-state index in [0.29, 0.717) is 23.3 Å². The number of unbranched alkanes of at least 4 members (excludes halogenated alkanes) is 1. The van der Waals surface area contributed by atoms with E-state index in [1.54, 1.807) is 49.4 Å². The molecule has 0 saturated heterocycles. The molecule has 2 unspecified atom stereocenters. The van der Waals surface area contributed by atoms with Gasteiger partial charge in [-0.05, 0) is 43.4 Å². The number of hydrogen-bond acceptors (Lipinski definition) is 5. The van der Waals surface area contributed by atoms with Gasteiger partial charge in [-0.3, -0.25) is 10.2 Å². The summed E-state index contributed by atoms with van der Waals surface area (Å²) in [4.78, 5) is 24.8. The van der Waals surface area contributed by atoms with Crippen LogP contribution in [0.1, 0.15) is 43.7 Å². The van der Waals surface area contributed by atoms with Crippen LogP contribution in [0, 0.1) is 5.41 Å². The Morgan fingerprint density at radius 3 is 2.37 bits per heavy atom. The number of carbonyl (C=O) groups is 2. The second-order valence-corrected chi connectivity index (χ2v) is 7.90. The molecule has 2 aromatic rings. The van der Waals surface area contributed by atoms with Gasteiger partial charge in [-0.25, -0.2) is 9.00 Å². The summed E-state index contributed by atoms with van der Waals surface area (Å²) >= 11 is -1.91. The normalized spacial score (nSPS) is 12.6. The molecule has 2 aromatic carbocycles. The van der Waals surface area contributed by atoms with Crippen LogP contribution in [0.2, 0.25) is 0 Å². The van der Waals surface area contributed by atoms with Crippen molar-refractivity contribution in [1.29, 1.82) is 5.41 Å². The summed E-state index contributed by atoms with van der Waals surface area (Å²) in [5.41, 5.74) is 7.23. The number of carbonyl (C=O) groups excluding carboxylic acids is 2. The molecule has 1 amide bonds. The van der Waals surface area contributed by atoms with Crippen molar-refractivity contribution in [2.45, 2.75) is 50.0 Å². The number of benzene rings is 2. The highest BCUT2D eigenvalue weighted by molar-refractivity contribution is 7.80. The van der Waals surface area contributed by atoms with Crippen LogP contribution in [-0.4, -0.2) is 28.0 Å². The van der Waals surface area contributed by atoms with Gasteiger partial charge in [0.15, 0.2) is 0 Å². The van der Waals surface area contributed by atoms with E-state index in [4.69, 9.17) is 15.3 Å². The van der Waals surface area contributed by atoms with E-state index >= 15 is 0 Å². The van der Waals surface area contributed by atoms with Crippen LogP contribution in [0.3, 0.4) is 0 Å². The number of amides is 1. The molecular weight excluding hydrogens is 402 g/mol. The van der Waals surface area contributed by atoms with Gasteiger partial charge < -0.3 is 15.2 Å². The fourth-order valence-electron chi connectivity index (χ4n) is 2.77. The quantitative estimate of drug-likeness (QED) is 0.288. The Labute approximate surface area is 179 Å². The molecule has 30 heavy (non-hydrogen) atoms. The van der Waals surface area contributed by atoms with Gasteiger partial charge >= 0.3 is 5.97 Å². The van der Waals surface area contributed by atoms with Crippen LogP contribution in [0.25, 0.3) is 0 Å². The number of nitrogen functional groups attached to an aromatic ring is 1. The topological polar surface area (TPSA) is 122 Å². The van der Waals surface area contributed by atoms with Crippen molar-refractivity contribution in [2.24, 2.45) is 5.73 Å². The van der Waals surface area contributed by atoms with Crippen molar-refractivity contribution in [3.05, 3.63) is 65.7 Å². The third-order valence-corrected chi connectivity index (χ3v) is 5.48. The van der Waals surface area contributed by atoms with E-state index in [9.17, 15) is 13.8 Å². The van der Waals surface area contributed by atoms with Crippen molar-refractivity contribution in [2.75, 3.05) is 0 Å². The van der Waals surface area contributed by atoms with Crippen LogP contribution in [0.5, 0.6) is 0 Å². The Morgan fingerprint density at radius 1 is 1.10 bits per heavy atom. The largest absolute Gasteiger partial charge is 0.384 e. The Kier molecular flexibility index (Phi) is 9.21. The standard InChI is InChI=1S/C22H27N3O4S/c1-2-19(22(27)29-30(28)18-9-4-3-5-10-18)25-20(26)11-7-6-8-16-12-14-17(15-13-16)21(23)24/h3-5,9-10,12-15,19H,2,6-8,11H2,1H3,(H3,23,24)(H,25,26). The van der Waals surface area contributed by atoms with Crippen LogP contribution in [0.15, 0.2) is 59.5 Å². The first kappa shape index (κ1) is 23.3. The lowest BCUT2D eigenvalue weighted by Crippen LogP contribution is -2.41. The fourth-order valence-corrected chi connectivity index (χ4v) is 3.51. The van der Waals surface area contributed by atoms with Gasteiger partial charge in [-0.1, -0.05) is 49.4 Å². The van der Waals surface area contributed by atoms with Crippen LogP contribution in [-0.2, 0) is 31.3 Å². The van der Waals surface area contributed by atoms with Gasteiger partial charge in [0, 0.05) is 12.0 Å². The third kappa shape index (κ3) is 7.44. The van der Waals surface area contributed by atoms with E-state index in [2.05, 4.69) is 5.32 Å². The number of aryl methyl sites for hydroxylation is 1. The predicted octanol–water partition coefficient (Wildman–Crippen LogP) is 2.84. The van der Waals surface area contributed by atoms with E-state index in [1.165, 1.54) is 0 Å². The predicted molar refractivity (Wildman–Crippen MR) is 116 cm³/mol. The van der Waals surface area contributed by atoms with Gasteiger partial charge in [0.05, 0.1) is 4.90 Å². The summed E-state index contributed by atoms with van der Waals surface area (Å²) in [5, 5.41) is 10.0. The maximum absolute atomic E-state index is 12.2. The maximum Gasteiger partial charge on any atom is 0.342 e. The summed E-state index contributed by atoms with van der Waals surface area (Å²) in [7, 11) is 0. The minimum atomic E-state index is -1.91. The Morgan fingerprint density at radius 2 is 1.77 bits per heavy atom. The summed E-state index contributed by atoms with van der Waals surface area (Å²) < 4.78 is 17.1. The molecule has 0 aromatic heterocycles. The molecule has 0 aliphatic carbocycles. The second kappa shape index (κ2) is 11.9. The molecule has 0 spiro atoms. The summed E-state index contributed by atoms with van der Waals surface area (Å²) in [5.74, 6) is -0.912. The minimum absolute atomic E-state index is 0.0369. The Balaban J connectivity index is 1.73. The smallest absolute Gasteiger partial charge is 0.342 e. The number of nitrogens with one attached hydrogen (secondary N) is 2. The summed E-state index contributed by atoms with van der Waals surface area (Å²) in [6.45, 7) is 1.75. The van der Waals surface area contributed by atoms with Gasteiger partial charge in [0.2, 0.25) is 17.0 Å². The van der Waals surface area contributed by atoms with Crippen LogP contribution >= 0.6 is 0 Å². The number of hydrogen-bond donors (Lipinski definition) is 3. The molecule has 0 aliphatic heterocycles. The van der Waals surface area contributed by atoms with E-state index in [0.717, 1.165) is 18.4 Å². The highest BCUT2D eigenvalue weighted by Crippen LogP contribution is 2.11. The molecule has 7 nitrogen and oxygen atoms in total. The number of nitrogens with two attached hydrogens (primary N) is 1. The molecule has 160 valence electrons. The molecule has 0 aliphatic rings. The van der Waals surface area contributed by atoms with E-state index < -0.39 is 23.1 Å². The van der Waals surface area contributed by atoms with Crippen molar-refractivity contribution >= 4 is 28.8 Å². The van der Waals surface area contributed by atoms with E-state index in [-0.39, 0.29) is 18.2 Å². The molecular formula is C22H27N3O4S. The molecule has 0 saturated carbocycles.